The zero-order chi connectivity index (χ0) is 36.5. The Hall–Kier alpha value is -6.10. The fourth-order valence-corrected chi connectivity index (χ4v) is 5.34. The van der Waals surface area contributed by atoms with Crippen LogP contribution in [0.1, 0.15) is 38.2 Å². The van der Waals surface area contributed by atoms with Gasteiger partial charge in [-0.2, -0.15) is 13.2 Å². The molecule has 5 aromatic carbocycles. The van der Waals surface area contributed by atoms with Crippen LogP contribution in [0.2, 0.25) is 0 Å². The number of nitrogens with one attached hydrogen (secondary N) is 1. The molecule has 0 unspecified atom stereocenters. The third-order valence-electron chi connectivity index (χ3n) is 8.04. The van der Waals surface area contributed by atoms with Crippen molar-refractivity contribution in [1.29, 1.82) is 0 Å². The van der Waals surface area contributed by atoms with Crippen LogP contribution in [0, 0.1) is 6.92 Å². The molecule has 0 aliphatic heterocycles. The Morgan fingerprint density at radius 2 is 1.35 bits per heavy atom. The molecule has 5 rings (SSSR count). The van der Waals surface area contributed by atoms with E-state index in [-0.39, 0.29) is 29.1 Å². The summed E-state index contributed by atoms with van der Waals surface area (Å²) in [5.41, 5.74) is 4.22. The lowest BCUT2D eigenvalue weighted by Crippen LogP contribution is -2.35. The van der Waals surface area contributed by atoms with Gasteiger partial charge in [0.1, 0.15) is 24.7 Å². The van der Waals surface area contributed by atoms with Crippen LogP contribution in [0.15, 0.2) is 115 Å². The van der Waals surface area contributed by atoms with Gasteiger partial charge in [-0.25, -0.2) is 0 Å². The second kappa shape index (κ2) is 16.1. The molecule has 0 saturated carbocycles. The number of hydrogen-bond acceptors (Lipinski definition) is 5. The maximum atomic E-state index is 13.5. The lowest BCUT2D eigenvalue weighted by atomic mass is 10.0. The largest absolute Gasteiger partial charge is 0.497 e. The number of carbonyl (C=O) groups excluding carboxylic acids is 2. The first-order valence-electron chi connectivity index (χ1n) is 15.9. The number of alkyl halides is 3. The Labute approximate surface area is 293 Å². The van der Waals surface area contributed by atoms with E-state index in [1.165, 1.54) is 54.0 Å². The number of benzene rings is 5. The summed E-state index contributed by atoms with van der Waals surface area (Å²) in [7, 11) is 1.25. The summed E-state index contributed by atoms with van der Waals surface area (Å²) in [5.74, 6) is -1.71. The van der Waals surface area contributed by atoms with E-state index in [4.69, 9.17) is 9.47 Å². The molecule has 11 heteroatoms. The van der Waals surface area contributed by atoms with Crippen molar-refractivity contribution in [2.75, 3.05) is 19.0 Å². The second-order valence-corrected chi connectivity index (χ2v) is 11.9. The highest BCUT2D eigenvalue weighted by atomic mass is 19.4. The van der Waals surface area contributed by atoms with Crippen molar-refractivity contribution in [2.24, 2.45) is 0 Å². The molecule has 0 aliphatic carbocycles. The van der Waals surface area contributed by atoms with E-state index in [0.29, 0.717) is 17.9 Å². The third kappa shape index (κ3) is 9.98. The summed E-state index contributed by atoms with van der Waals surface area (Å²) in [4.78, 5) is 38.8. The van der Waals surface area contributed by atoms with E-state index in [2.05, 4.69) is 29.6 Å². The maximum Gasteiger partial charge on any atom is 0.416 e. The summed E-state index contributed by atoms with van der Waals surface area (Å²) in [5, 5.41) is 12.0. The second-order valence-electron chi connectivity index (χ2n) is 11.9. The average molecular weight is 697 g/mol. The number of carboxylic acids is 1. The molecule has 0 fully saturated rings. The quantitative estimate of drug-likeness (QED) is 0.129. The standard InChI is InChI=1S/C40H35F3N2O6/c1-26-3-9-29(10-4-26)30-13-18-34(19-14-30)51-25-28-7-5-27(6-8-28)23-45(24-38(47)48)39(49)31-11-16-33(17-12-31)44-37(46)21-32-15-20-35(50-2)22-36(32)40(41,42)43/h3-20,22H,21,23-25H2,1-2H3,(H,44,46)(H,47,48). The number of carboxylic acid groups (broad SMARTS) is 1. The molecule has 0 aromatic heterocycles. The normalized spacial score (nSPS) is 11.1. The number of aryl methyl sites for hydroxylation is 1. The molecule has 0 spiro atoms. The van der Waals surface area contributed by atoms with Crippen LogP contribution < -0.4 is 14.8 Å². The average Bonchev–Trinajstić information content (AvgIpc) is 3.11. The number of hydrogen-bond donors (Lipinski definition) is 2. The van der Waals surface area contributed by atoms with E-state index < -0.39 is 42.5 Å². The Morgan fingerprint density at radius 1 is 0.765 bits per heavy atom. The SMILES string of the molecule is COc1ccc(CC(=O)Nc2ccc(C(=O)N(CC(=O)O)Cc3ccc(COc4ccc(-c5ccc(C)cc5)cc4)cc3)cc2)c(C(F)(F)F)c1. The molecule has 5 aromatic rings. The fraction of sp³-hybridized carbons (Fsp3) is 0.175. The van der Waals surface area contributed by atoms with Crippen LogP contribution in [0.5, 0.6) is 11.5 Å². The first-order valence-corrected chi connectivity index (χ1v) is 15.9. The summed E-state index contributed by atoms with van der Waals surface area (Å²) in [6.45, 7) is 1.83. The van der Waals surface area contributed by atoms with Gasteiger partial charge in [0.25, 0.3) is 5.91 Å². The summed E-state index contributed by atoms with van der Waals surface area (Å²) < 4.78 is 51.5. The van der Waals surface area contributed by atoms with Crippen LogP contribution in [0.3, 0.4) is 0 Å². The molecule has 0 bridgehead atoms. The van der Waals surface area contributed by atoms with Crippen molar-refractivity contribution >= 4 is 23.5 Å². The minimum atomic E-state index is -4.68. The molecular weight excluding hydrogens is 661 g/mol. The topological polar surface area (TPSA) is 105 Å². The third-order valence-corrected chi connectivity index (χ3v) is 8.04. The maximum absolute atomic E-state index is 13.5. The lowest BCUT2D eigenvalue weighted by Gasteiger charge is -2.21. The van der Waals surface area contributed by atoms with Gasteiger partial charge in [-0.15, -0.1) is 0 Å². The summed E-state index contributed by atoms with van der Waals surface area (Å²) in [6.07, 6.45) is -5.22. The van der Waals surface area contributed by atoms with Gasteiger partial charge in [0, 0.05) is 17.8 Å². The molecule has 51 heavy (non-hydrogen) atoms. The smallest absolute Gasteiger partial charge is 0.416 e. The highest BCUT2D eigenvalue weighted by molar-refractivity contribution is 5.97. The minimum absolute atomic E-state index is 0.0160. The van der Waals surface area contributed by atoms with E-state index in [9.17, 15) is 32.7 Å². The van der Waals surface area contributed by atoms with E-state index in [0.717, 1.165) is 22.8 Å². The Bertz CT molecular complexity index is 1980. The number of halogens is 3. The van der Waals surface area contributed by atoms with Crippen LogP contribution in [0.25, 0.3) is 11.1 Å². The van der Waals surface area contributed by atoms with Gasteiger partial charge < -0.3 is 24.8 Å². The number of carbonyl (C=O) groups is 3. The predicted molar refractivity (Wildman–Crippen MR) is 187 cm³/mol. The number of ether oxygens (including phenoxy) is 2. The number of rotatable bonds is 13. The molecule has 0 heterocycles. The Balaban J connectivity index is 1.17. The van der Waals surface area contributed by atoms with Gasteiger partial charge in [-0.1, -0.05) is 72.3 Å². The molecule has 8 nitrogen and oxygen atoms in total. The molecule has 2 amide bonds. The van der Waals surface area contributed by atoms with Gasteiger partial charge >= 0.3 is 12.1 Å². The molecule has 2 N–H and O–H groups in total. The summed E-state index contributed by atoms with van der Waals surface area (Å²) >= 11 is 0. The van der Waals surface area contributed by atoms with Crippen molar-refractivity contribution in [3.8, 4) is 22.6 Å². The molecule has 0 radical (unpaired) electrons. The first-order chi connectivity index (χ1) is 24.4. The molecule has 0 atom stereocenters. The predicted octanol–water partition coefficient (Wildman–Crippen LogP) is 8.18. The van der Waals surface area contributed by atoms with Crippen LogP contribution >= 0.6 is 0 Å². The number of nitrogens with zero attached hydrogens (tertiary/aromatic N) is 1. The van der Waals surface area contributed by atoms with E-state index in [1.807, 2.05) is 43.3 Å². The van der Waals surface area contributed by atoms with Gasteiger partial charge in [-0.3, -0.25) is 14.4 Å². The van der Waals surface area contributed by atoms with Crippen molar-refractivity contribution in [3.63, 3.8) is 0 Å². The van der Waals surface area contributed by atoms with Crippen LogP contribution in [-0.4, -0.2) is 41.4 Å². The first kappa shape index (κ1) is 36.2. The fourth-order valence-electron chi connectivity index (χ4n) is 5.34. The number of anilines is 1. The molecule has 0 saturated heterocycles. The van der Waals surface area contributed by atoms with Crippen molar-refractivity contribution in [3.05, 3.63) is 149 Å². The number of methoxy groups -OCH3 is 1. The van der Waals surface area contributed by atoms with Crippen molar-refractivity contribution in [1.82, 2.24) is 4.90 Å². The van der Waals surface area contributed by atoms with Crippen molar-refractivity contribution < 1.29 is 42.1 Å². The summed E-state index contributed by atoms with van der Waals surface area (Å²) in [6, 6.07) is 32.4. The lowest BCUT2D eigenvalue weighted by molar-refractivity contribution is -0.139. The Morgan fingerprint density at radius 3 is 1.94 bits per heavy atom. The number of aliphatic carboxylic acids is 1. The van der Waals surface area contributed by atoms with Gasteiger partial charge in [0.2, 0.25) is 5.91 Å². The minimum Gasteiger partial charge on any atom is -0.497 e. The highest BCUT2D eigenvalue weighted by Crippen LogP contribution is 2.35. The molecular formula is C40H35F3N2O6. The number of amides is 2. The van der Waals surface area contributed by atoms with Crippen molar-refractivity contribution in [2.45, 2.75) is 32.7 Å². The van der Waals surface area contributed by atoms with Gasteiger partial charge in [0.15, 0.2) is 0 Å². The van der Waals surface area contributed by atoms with Crippen LogP contribution in [0.4, 0.5) is 18.9 Å². The highest BCUT2D eigenvalue weighted by Gasteiger charge is 2.34. The Kier molecular flexibility index (Phi) is 11.4. The van der Waals surface area contributed by atoms with Gasteiger partial charge in [-0.05, 0) is 83.3 Å². The molecule has 262 valence electrons. The van der Waals surface area contributed by atoms with Gasteiger partial charge in [0.05, 0.1) is 19.1 Å². The van der Waals surface area contributed by atoms with Crippen LogP contribution in [-0.2, 0) is 35.3 Å². The zero-order valence-corrected chi connectivity index (χ0v) is 27.9. The molecule has 0 aliphatic rings. The van der Waals surface area contributed by atoms with E-state index in [1.54, 1.807) is 12.1 Å². The zero-order valence-electron chi connectivity index (χ0n) is 27.9. The monoisotopic (exact) mass is 696 g/mol. The van der Waals surface area contributed by atoms with E-state index >= 15 is 0 Å².